The Morgan fingerprint density at radius 2 is 1.73 bits per heavy atom. The van der Waals surface area contributed by atoms with Gasteiger partial charge in [-0.25, -0.2) is 13.4 Å². The minimum Gasteiger partial charge on any atom is -0.497 e. The molecule has 11 heteroatoms. The molecular formula is C26H27N7O3S. The number of piperazine rings is 1. The standard InChI is InChI=1S/C26H27N7O3S/c1-32-11-13-33(14-12-32)18-4-10-22-24(16-18)28-26(27-22)25-21-9-3-17(15-23(21)29-30-25)31-37(34,35)20-7-5-19(36-2)6-8-20/h3-10,15-16,31H,11-14H2,1-2H3,(H,27,28)(H,29,30). The highest BCUT2D eigenvalue weighted by Crippen LogP contribution is 2.30. The molecule has 10 nitrogen and oxygen atoms in total. The van der Waals surface area contributed by atoms with Gasteiger partial charge >= 0.3 is 0 Å². The Hall–Kier alpha value is -4.09. The van der Waals surface area contributed by atoms with Crippen LogP contribution in [0, 0.1) is 0 Å². The average molecular weight is 518 g/mol. The molecule has 0 radical (unpaired) electrons. The van der Waals surface area contributed by atoms with Crippen LogP contribution in [-0.2, 0) is 10.0 Å². The quantitative estimate of drug-likeness (QED) is 0.314. The van der Waals surface area contributed by atoms with Gasteiger partial charge in [0.15, 0.2) is 5.82 Å². The van der Waals surface area contributed by atoms with E-state index in [2.05, 4.69) is 48.9 Å². The van der Waals surface area contributed by atoms with Crippen LogP contribution in [0.5, 0.6) is 5.75 Å². The molecular weight excluding hydrogens is 490 g/mol. The van der Waals surface area contributed by atoms with Crippen molar-refractivity contribution >= 4 is 43.3 Å². The number of aromatic amines is 2. The van der Waals surface area contributed by atoms with Crippen LogP contribution < -0.4 is 14.4 Å². The molecule has 0 atom stereocenters. The summed E-state index contributed by atoms with van der Waals surface area (Å²) in [5, 5.41) is 8.31. The van der Waals surface area contributed by atoms with Gasteiger partial charge < -0.3 is 19.5 Å². The molecule has 1 aliphatic heterocycles. The molecule has 0 aliphatic carbocycles. The van der Waals surface area contributed by atoms with Gasteiger partial charge in [-0.15, -0.1) is 0 Å². The first-order chi connectivity index (χ1) is 17.9. The number of aromatic nitrogens is 4. The molecule has 1 fully saturated rings. The number of rotatable bonds is 6. The van der Waals surface area contributed by atoms with E-state index in [0.29, 0.717) is 28.5 Å². The van der Waals surface area contributed by atoms with Crippen LogP contribution in [-0.4, -0.2) is 73.8 Å². The van der Waals surface area contributed by atoms with E-state index in [0.717, 1.165) is 42.6 Å². The van der Waals surface area contributed by atoms with E-state index in [1.165, 1.54) is 24.9 Å². The molecule has 0 bridgehead atoms. The van der Waals surface area contributed by atoms with Crippen molar-refractivity contribution in [1.29, 1.82) is 0 Å². The van der Waals surface area contributed by atoms with E-state index in [1.54, 1.807) is 24.3 Å². The number of hydrogen-bond acceptors (Lipinski definition) is 7. The van der Waals surface area contributed by atoms with Gasteiger partial charge in [0, 0.05) is 37.3 Å². The third-order valence-electron chi connectivity index (χ3n) is 6.74. The molecule has 190 valence electrons. The Balaban J connectivity index is 1.26. The smallest absolute Gasteiger partial charge is 0.261 e. The van der Waals surface area contributed by atoms with Gasteiger partial charge in [0.2, 0.25) is 0 Å². The van der Waals surface area contributed by atoms with Gasteiger partial charge in [-0.1, -0.05) is 0 Å². The number of likely N-dealkylation sites (N-methyl/N-ethyl adjacent to an activating group) is 1. The molecule has 0 unspecified atom stereocenters. The lowest BCUT2D eigenvalue weighted by Gasteiger charge is -2.34. The number of imidazole rings is 1. The molecule has 2 aromatic heterocycles. The summed E-state index contributed by atoms with van der Waals surface area (Å²) >= 11 is 0. The highest BCUT2D eigenvalue weighted by Gasteiger charge is 2.18. The molecule has 0 spiro atoms. The lowest BCUT2D eigenvalue weighted by Crippen LogP contribution is -2.44. The van der Waals surface area contributed by atoms with Crippen molar-refractivity contribution in [2.24, 2.45) is 0 Å². The summed E-state index contributed by atoms with van der Waals surface area (Å²) in [7, 11) is -0.0691. The summed E-state index contributed by atoms with van der Waals surface area (Å²) in [4.78, 5) is 13.0. The molecule has 1 aliphatic rings. The fourth-order valence-corrected chi connectivity index (χ4v) is 5.65. The van der Waals surface area contributed by atoms with E-state index in [-0.39, 0.29) is 4.90 Å². The van der Waals surface area contributed by atoms with Crippen LogP contribution in [0.4, 0.5) is 11.4 Å². The Kier molecular flexibility index (Phi) is 5.73. The molecule has 0 amide bonds. The number of anilines is 2. The summed E-state index contributed by atoms with van der Waals surface area (Å²) < 4.78 is 33.4. The van der Waals surface area contributed by atoms with Crippen LogP contribution in [0.2, 0.25) is 0 Å². The van der Waals surface area contributed by atoms with Crippen molar-refractivity contribution in [2.45, 2.75) is 4.90 Å². The van der Waals surface area contributed by atoms with Crippen molar-refractivity contribution in [1.82, 2.24) is 25.1 Å². The number of fused-ring (bicyclic) bond motifs is 2. The third-order valence-corrected chi connectivity index (χ3v) is 8.14. The van der Waals surface area contributed by atoms with Crippen LogP contribution >= 0.6 is 0 Å². The zero-order valence-corrected chi connectivity index (χ0v) is 21.3. The number of methoxy groups -OCH3 is 1. The monoisotopic (exact) mass is 517 g/mol. The first kappa shape index (κ1) is 23.3. The largest absolute Gasteiger partial charge is 0.497 e. The molecule has 1 saturated heterocycles. The number of nitrogens with one attached hydrogen (secondary N) is 3. The summed E-state index contributed by atoms with van der Waals surface area (Å²) in [6.07, 6.45) is 0. The fourth-order valence-electron chi connectivity index (χ4n) is 4.60. The van der Waals surface area contributed by atoms with Crippen molar-refractivity contribution in [3.8, 4) is 17.3 Å². The predicted octanol–water partition coefficient (Wildman–Crippen LogP) is 3.67. The van der Waals surface area contributed by atoms with Crippen molar-refractivity contribution < 1.29 is 13.2 Å². The molecule has 37 heavy (non-hydrogen) atoms. The second-order valence-corrected chi connectivity index (χ2v) is 10.9. The maximum Gasteiger partial charge on any atom is 0.261 e. The lowest BCUT2D eigenvalue weighted by atomic mass is 10.2. The predicted molar refractivity (Wildman–Crippen MR) is 145 cm³/mol. The van der Waals surface area contributed by atoms with Crippen molar-refractivity contribution in [3.63, 3.8) is 0 Å². The highest BCUT2D eigenvalue weighted by molar-refractivity contribution is 7.92. The zero-order chi connectivity index (χ0) is 25.6. The van der Waals surface area contributed by atoms with Gasteiger partial charge in [0.05, 0.1) is 34.2 Å². The number of benzene rings is 3. The first-order valence-electron chi connectivity index (χ1n) is 12.0. The minimum atomic E-state index is -3.75. The second kappa shape index (κ2) is 9.09. The second-order valence-electron chi connectivity index (χ2n) is 9.19. The zero-order valence-electron chi connectivity index (χ0n) is 20.5. The molecule has 0 saturated carbocycles. The minimum absolute atomic E-state index is 0.150. The third kappa shape index (κ3) is 4.47. The SMILES string of the molecule is COc1ccc(S(=O)(=O)Nc2ccc3c(-c4nc5ccc(N6CCN(C)CC6)cc5[nH]4)n[nH]c3c2)cc1. The summed E-state index contributed by atoms with van der Waals surface area (Å²) in [5.74, 6) is 1.25. The number of sulfonamides is 1. The lowest BCUT2D eigenvalue weighted by molar-refractivity contribution is 0.313. The van der Waals surface area contributed by atoms with Gasteiger partial charge in [0.1, 0.15) is 11.4 Å². The molecule has 3 aromatic carbocycles. The Morgan fingerprint density at radius 1 is 0.946 bits per heavy atom. The van der Waals surface area contributed by atoms with E-state index in [1.807, 2.05) is 12.1 Å². The normalized spacial score (nSPS) is 14.9. The Labute approximate surface area is 214 Å². The molecule has 6 rings (SSSR count). The average Bonchev–Trinajstić information content (AvgIpc) is 3.52. The van der Waals surface area contributed by atoms with Crippen molar-refractivity contribution in [2.75, 3.05) is 50.0 Å². The van der Waals surface area contributed by atoms with Crippen LogP contribution in [0.25, 0.3) is 33.5 Å². The van der Waals surface area contributed by atoms with E-state index in [4.69, 9.17) is 9.72 Å². The van der Waals surface area contributed by atoms with Gasteiger partial charge in [-0.2, -0.15) is 5.10 Å². The first-order valence-corrected chi connectivity index (χ1v) is 13.5. The van der Waals surface area contributed by atoms with Gasteiger partial charge in [0.25, 0.3) is 10.0 Å². The molecule has 3 heterocycles. The summed E-state index contributed by atoms with van der Waals surface area (Å²) in [6, 6.07) is 17.8. The number of H-pyrrole nitrogens is 2. The fraction of sp³-hybridized carbons (Fsp3) is 0.231. The molecule has 5 aromatic rings. The van der Waals surface area contributed by atoms with Crippen LogP contribution in [0.15, 0.2) is 65.6 Å². The molecule has 3 N–H and O–H groups in total. The van der Waals surface area contributed by atoms with Crippen LogP contribution in [0.3, 0.4) is 0 Å². The Bertz CT molecular complexity index is 1680. The highest BCUT2D eigenvalue weighted by atomic mass is 32.2. The number of hydrogen-bond donors (Lipinski definition) is 3. The summed E-state index contributed by atoms with van der Waals surface area (Å²) in [5.41, 5.74) is 4.80. The topological polar surface area (TPSA) is 119 Å². The Morgan fingerprint density at radius 3 is 2.49 bits per heavy atom. The van der Waals surface area contributed by atoms with Gasteiger partial charge in [-0.05, 0) is 67.7 Å². The maximum atomic E-state index is 12.8. The van der Waals surface area contributed by atoms with Crippen LogP contribution in [0.1, 0.15) is 0 Å². The van der Waals surface area contributed by atoms with Gasteiger partial charge in [-0.3, -0.25) is 9.82 Å². The number of nitrogens with zero attached hydrogens (tertiary/aromatic N) is 4. The summed E-state index contributed by atoms with van der Waals surface area (Å²) in [6.45, 7) is 4.09. The van der Waals surface area contributed by atoms with E-state index >= 15 is 0 Å². The maximum absolute atomic E-state index is 12.8. The number of ether oxygens (including phenoxy) is 1. The van der Waals surface area contributed by atoms with Crippen molar-refractivity contribution in [3.05, 3.63) is 60.7 Å². The van der Waals surface area contributed by atoms with E-state index in [9.17, 15) is 8.42 Å². The van der Waals surface area contributed by atoms with E-state index < -0.39 is 10.0 Å².